The zero-order valence-electron chi connectivity index (χ0n) is 9.19. The Bertz CT molecular complexity index is 504. The molecule has 0 atom stereocenters. The standard InChI is InChI=1S/C10H12N4O3/c1-16-10(15)7-8(11)13-14-9(7)12-5-6-3-2-4-17-6/h2-4H,5H2,1H3,(H4,11,12,13,14). The van der Waals surface area contributed by atoms with E-state index in [1.165, 1.54) is 7.11 Å². The number of aromatic amines is 1. The fraction of sp³-hybridized carbons (Fsp3) is 0.200. The Morgan fingerprint density at radius 2 is 2.53 bits per heavy atom. The van der Waals surface area contributed by atoms with E-state index in [-0.39, 0.29) is 11.4 Å². The molecule has 2 rings (SSSR count). The first-order valence-electron chi connectivity index (χ1n) is 4.90. The van der Waals surface area contributed by atoms with Crippen molar-refractivity contribution in [3.63, 3.8) is 0 Å². The second-order valence-corrected chi connectivity index (χ2v) is 3.29. The molecule has 2 heterocycles. The SMILES string of the molecule is COC(=O)c1c(NCc2ccco2)n[nH]c1N. The highest BCUT2D eigenvalue weighted by molar-refractivity contribution is 5.99. The van der Waals surface area contributed by atoms with Crippen molar-refractivity contribution in [2.24, 2.45) is 0 Å². The zero-order valence-corrected chi connectivity index (χ0v) is 9.19. The predicted molar refractivity (Wildman–Crippen MR) is 60.4 cm³/mol. The molecule has 2 aromatic rings. The molecule has 0 aliphatic heterocycles. The highest BCUT2D eigenvalue weighted by atomic mass is 16.5. The number of carbonyl (C=O) groups is 1. The number of hydrogen-bond acceptors (Lipinski definition) is 6. The Kier molecular flexibility index (Phi) is 2.99. The fourth-order valence-corrected chi connectivity index (χ4v) is 1.38. The molecule has 0 aliphatic carbocycles. The number of furan rings is 1. The molecule has 0 aromatic carbocycles. The summed E-state index contributed by atoms with van der Waals surface area (Å²) >= 11 is 0. The minimum atomic E-state index is -0.543. The van der Waals surface area contributed by atoms with Gasteiger partial charge in [0.1, 0.15) is 17.1 Å². The first kappa shape index (κ1) is 11.1. The van der Waals surface area contributed by atoms with E-state index in [1.807, 2.05) is 0 Å². The first-order chi connectivity index (χ1) is 8.22. The van der Waals surface area contributed by atoms with Crippen LogP contribution in [0.3, 0.4) is 0 Å². The summed E-state index contributed by atoms with van der Waals surface area (Å²) in [6.45, 7) is 0.404. The Hall–Kier alpha value is -2.44. The summed E-state index contributed by atoms with van der Waals surface area (Å²) in [5.74, 6) is 0.685. The third-order valence-corrected chi connectivity index (χ3v) is 2.19. The van der Waals surface area contributed by atoms with E-state index >= 15 is 0 Å². The molecule has 7 heteroatoms. The van der Waals surface area contributed by atoms with Crippen molar-refractivity contribution in [2.75, 3.05) is 18.2 Å². The third-order valence-electron chi connectivity index (χ3n) is 2.19. The molecular formula is C10H12N4O3. The van der Waals surface area contributed by atoms with E-state index in [0.717, 1.165) is 5.76 Å². The summed E-state index contributed by atoms with van der Waals surface area (Å²) in [5, 5.41) is 9.33. The van der Waals surface area contributed by atoms with Gasteiger partial charge < -0.3 is 20.2 Å². The van der Waals surface area contributed by atoms with Crippen LogP contribution in [0.2, 0.25) is 0 Å². The van der Waals surface area contributed by atoms with Crippen molar-refractivity contribution in [3.05, 3.63) is 29.7 Å². The molecule has 0 saturated carbocycles. The number of ether oxygens (including phenoxy) is 1. The molecular weight excluding hydrogens is 224 g/mol. The van der Waals surface area contributed by atoms with E-state index in [2.05, 4.69) is 20.3 Å². The van der Waals surface area contributed by atoms with Gasteiger partial charge in [-0.1, -0.05) is 0 Å². The highest BCUT2D eigenvalue weighted by Gasteiger charge is 2.19. The van der Waals surface area contributed by atoms with Gasteiger partial charge >= 0.3 is 5.97 Å². The van der Waals surface area contributed by atoms with E-state index in [0.29, 0.717) is 12.4 Å². The summed E-state index contributed by atoms with van der Waals surface area (Å²) in [4.78, 5) is 11.5. The van der Waals surface area contributed by atoms with Crippen LogP contribution in [0.5, 0.6) is 0 Å². The Labute approximate surface area is 96.9 Å². The number of rotatable bonds is 4. The van der Waals surface area contributed by atoms with Gasteiger partial charge in [-0.2, -0.15) is 5.10 Å². The maximum Gasteiger partial charge on any atom is 0.345 e. The molecule has 7 nitrogen and oxygen atoms in total. The molecule has 0 radical (unpaired) electrons. The van der Waals surface area contributed by atoms with E-state index in [4.69, 9.17) is 10.2 Å². The Morgan fingerprint density at radius 1 is 1.71 bits per heavy atom. The Balaban J connectivity index is 2.13. The number of nitrogens with one attached hydrogen (secondary N) is 2. The van der Waals surface area contributed by atoms with Crippen molar-refractivity contribution in [2.45, 2.75) is 6.54 Å². The van der Waals surface area contributed by atoms with Gasteiger partial charge in [0.2, 0.25) is 0 Å². The maximum atomic E-state index is 11.5. The average Bonchev–Trinajstić information content (AvgIpc) is 2.95. The van der Waals surface area contributed by atoms with Crippen LogP contribution in [0.4, 0.5) is 11.6 Å². The van der Waals surface area contributed by atoms with Crippen LogP contribution in [0.1, 0.15) is 16.1 Å². The number of nitrogens with two attached hydrogens (primary N) is 1. The highest BCUT2D eigenvalue weighted by Crippen LogP contribution is 2.20. The van der Waals surface area contributed by atoms with Gasteiger partial charge in [0.25, 0.3) is 0 Å². The number of carbonyl (C=O) groups excluding carboxylic acids is 1. The summed E-state index contributed by atoms with van der Waals surface area (Å²) < 4.78 is 9.75. The third kappa shape index (κ3) is 2.22. The van der Waals surface area contributed by atoms with Crippen LogP contribution in [0, 0.1) is 0 Å². The number of nitrogen functional groups attached to an aromatic ring is 1. The number of anilines is 2. The van der Waals surface area contributed by atoms with Crippen LogP contribution in [0.25, 0.3) is 0 Å². The largest absolute Gasteiger partial charge is 0.467 e. The summed E-state index contributed by atoms with van der Waals surface area (Å²) in [5.41, 5.74) is 5.78. The monoisotopic (exact) mass is 236 g/mol. The fourth-order valence-electron chi connectivity index (χ4n) is 1.38. The molecule has 0 spiro atoms. The van der Waals surface area contributed by atoms with Crippen LogP contribution >= 0.6 is 0 Å². The minimum absolute atomic E-state index is 0.166. The van der Waals surface area contributed by atoms with Gasteiger partial charge in [-0.25, -0.2) is 4.79 Å². The summed E-state index contributed by atoms with van der Waals surface area (Å²) in [6.07, 6.45) is 1.57. The first-order valence-corrected chi connectivity index (χ1v) is 4.90. The van der Waals surface area contributed by atoms with E-state index in [9.17, 15) is 4.79 Å². The lowest BCUT2D eigenvalue weighted by Gasteiger charge is -2.03. The second kappa shape index (κ2) is 4.60. The van der Waals surface area contributed by atoms with Gasteiger partial charge in [-0.15, -0.1) is 0 Å². The predicted octanol–water partition coefficient (Wildman–Crippen LogP) is 0.984. The van der Waals surface area contributed by atoms with Crippen LogP contribution in [0.15, 0.2) is 22.8 Å². The molecule has 4 N–H and O–H groups in total. The average molecular weight is 236 g/mol. The molecule has 90 valence electrons. The van der Waals surface area contributed by atoms with Gasteiger partial charge in [-0.05, 0) is 12.1 Å². The van der Waals surface area contributed by atoms with Crippen LogP contribution in [-0.2, 0) is 11.3 Å². The van der Waals surface area contributed by atoms with E-state index in [1.54, 1.807) is 18.4 Å². The topological polar surface area (TPSA) is 106 Å². The van der Waals surface area contributed by atoms with Crippen LogP contribution < -0.4 is 11.1 Å². The lowest BCUT2D eigenvalue weighted by Crippen LogP contribution is -2.08. The molecule has 2 aromatic heterocycles. The molecule has 17 heavy (non-hydrogen) atoms. The number of nitrogens with zero attached hydrogens (tertiary/aromatic N) is 1. The van der Waals surface area contributed by atoms with Gasteiger partial charge in [0.15, 0.2) is 5.82 Å². The molecule has 0 fully saturated rings. The lowest BCUT2D eigenvalue weighted by molar-refractivity contribution is 0.0603. The number of methoxy groups -OCH3 is 1. The Morgan fingerprint density at radius 3 is 3.18 bits per heavy atom. The molecule has 0 saturated heterocycles. The van der Waals surface area contributed by atoms with Crippen molar-refractivity contribution in [1.82, 2.24) is 10.2 Å². The smallest absolute Gasteiger partial charge is 0.345 e. The maximum absolute atomic E-state index is 11.5. The molecule has 0 bridgehead atoms. The summed E-state index contributed by atoms with van der Waals surface area (Å²) in [7, 11) is 1.28. The van der Waals surface area contributed by atoms with Crippen molar-refractivity contribution in [1.29, 1.82) is 0 Å². The molecule has 0 amide bonds. The van der Waals surface area contributed by atoms with Crippen LogP contribution in [-0.4, -0.2) is 23.3 Å². The number of aromatic nitrogens is 2. The molecule has 0 unspecified atom stereocenters. The van der Waals surface area contributed by atoms with Gasteiger partial charge in [0, 0.05) is 0 Å². The second-order valence-electron chi connectivity index (χ2n) is 3.29. The lowest BCUT2D eigenvalue weighted by atomic mass is 10.3. The number of H-pyrrole nitrogens is 1. The van der Waals surface area contributed by atoms with Crippen molar-refractivity contribution < 1.29 is 13.9 Å². The molecule has 0 aliphatic rings. The van der Waals surface area contributed by atoms with Gasteiger partial charge in [-0.3, -0.25) is 5.10 Å². The minimum Gasteiger partial charge on any atom is -0.467 e. The normalized spacial score (nSPS) is 10.2. The number of hydrogen-bond donors (Lipinski definition) is 3. The van der Waals surface area contributed by atoms with Crippen molar-refractivity contribution >= 4 is 17.6 Å². The summed E-state index contributed by atoms with van der Waals surface area (Å²) in [6, 6.07) is 3.58. The zero-order chi connectivity index (χ0) is 12.3. The number of esters is 1. The quantitative estimate of drug-likeness (QED) is 0.683. The van der Waals surface area contributed by atoms with E-state index < -0.39 is 5.97 Å². The van der Waals surface area contributed by atoms with Crippen molar-refractivity contribution in [3.8, 4) is 0 Å². The van der Waals surface area contributed by atoms with Gasteiger partial charge in [0.05, 0.1) is 19.9 Å².